The second-order valence-electron chi connectivity index (χ2n) is 4.47. The molecule has 1 aromatic carbocycles. The van der Waals surface area contributed by atoms with Crippen LogP contribution in [0.4, 0.5) is 14.5 Å². The highest BCUT2D eigenvalue weighted by Gasteiger charge is 2.15. The van der Waals surface area contributed by atoms with E-state index in [-0.39, 0.29) is 29.1 Å². The van der Waals surface area contributed by atoms with E-state index in [2.05, 4.69) is 15.0 Å². The van der Waals surface area contributed by atoms with Gasteiger partial charge < -0.3 is 15.8 Å². The molecule has 0 fully saturated rings. The zero-order valence-electron chi connectivity index (χ0n) is 11.8. The second kappa shape index (κ2) is 7.30. The Labute approximate surface area is 130 Å². The number of primary amides is 1. The quantitative estimate of drug-likeness (QED) is 0.850. The maximum Gasteiger partial charge on any atom is 0.387 e. The van der Waals surface area contributed by atoms with E-state index in [4.69, 9.17) is 5.73 Å². The first-order valence-corrected chi connectivity index (χ1v) is 6.54. The van der Waals surface area contributed by atoms with Crippen molar-refractivity contribution >= 4 is 17.5 Å². The van der Waals surface area contributed by atoms with Crippen LogP contribution in [0.1, 0.15) is 16.1 Å². The molecule has 0 saturated carbocycles. The van der Waals surface area contributed by atoms with Crippen molar-refractivity contribution in [2.45, 2.75) is 13.0 Å². The van der Waals surface area contributed by atoms with Gasteiger partial charge in [-0.3, -0.25) is 9.59 Å². The zero-order valence-corrected chi connectivity index (χ0v) is 11.8. The number of halogens is 2. The number of para-hydroxylation sites is 1. The zero-order chi connectivity index (χ0) is 16.8. The fraction of sp³-hybridized carbons (Fsp3) is 0.133. The van der Waals surface area contributed by atoms with Gasteiger partial charge in [-0.25, -0.2) is 4.98 Å². The number of nitrogens with zero attached hydrogens (tertiary/aromatic N) is 1. The fourth-order valence-electron chi connectivity index (χ4n) is 1.93. The van der Waals surface area contributed by atoms with E-state index < -0.39 is 18.4 Å². The molecule has 120 valence electrons. The number of nitrogens with two attached hydrogens (primary N) is 1. The second-order valence-corrected chi connectivity index (χ2v) is 4.47. The van der Waals surface area contributed by atoms with Crippen LogP contribution in [-0.2, 0) is 11.2 Å². The van der Waals surface area contributed by atoms with Crippen molar-refractivity contribution in [2.75, 3.05) is 5.32 Å². The van der Waals surface area contributed by atoms with Crippen LogP contribution in [-0.4, -0.2) is 23.4 Å². The van der Waals surface area contributed by atoms with Crippen LogP contribution in [0, 0.1) is 0 Å². The van der Waals surface area contributed by atoms with Crippen LogP contribution in [0.3, 0.4) is 0 Å². The van der Waals surface area contributed by atoms with Gasteiger partial charge in [-0.2, -0.15) is 8.78 Å². The molecule has 1 aromatic heterocycles. The largest absolute Gasteiger partial charge is 0.435 e. The lowest BCUT2D eigenvalue weighted by molar-refractivity contribution is -0.115. The molecule has 0 atom stereocenters. The van der Waals surface area contributed by atoms with E-state index in [9.17, 15) is 18.4 Å². The van der Waals surface area contributed by atoms with E-state index in [1.165, 1.54) is 36.5 Å². The number of aromatic nitrogens is 1. The van der Waals surface area contributed by atoms with E-state index in [0.29, 0.717) is 0 Å². The van der Waals surface area contributed by atoms with Gasteiger partial charge in [0.05, 0.1) is 12.1 Å². The van der Waals surface area contributed by atoms with Crippen molar-refractivity contribution in [3.05, 3.63) is 53.9 Å². The summed E-state index contributed by atoms with van der Waals surface area (Å²) in [4.78, 5) is 27.1. The lowest BCUT2D eigenvalue weighted by Crippen LogP contribution is -2.21. The van der Waals surface area contributed by atoms with Gasteiger partial charge in [-0.1, -0.05) is 18.2 Å². The van der Waals surface area contributed by atoms with Crippen molar-refractivity contribution in [1.82, 2.24) is 4.98 Å². The van der Waals surface area contributed by atoms with Crippen LogP contribution in [0.15, 0.2) is 42.6 Å². The Hall–Kier alpha value is -3.03. The number of pyridine rings is 1. The van der Waals surface area contributed by atoms with Gasteiger partial charge in [0, 0.05) is 11.8 Å². The van der Waals surface area contributed by atoms with Crippen LogP contribution < -0.4 is 15.8 Å². The van der Waals surface area contributed by atoms with Gasteiger partial charge in [0.1, 0.15) is 5.75 Å². The molecule has 23 heavy (non-hydrogen) atoms. The van der Waals surface area contributed by atoms with E-state index in [1.54, 1.807) is 6.07 Å². The van der Waals surface area contributed by atoms with E-state index in [0.717, 1.165) is 0 Å². The third kappa shape index (κ3) is 4.47. The topological polar surface area (TPSA) is 94.3 Å². The highest BCUT2D eigenvalue weighted by Crippen LogP contribution is 2.21. The molecule has 0 aliphatic carbocycles. The molecule has 0 spiro atoms. The van der Waals surface area contributed by atoms with Crippen molar-refractivity contribution in [1.29, 1.82) is 0 Å². The van der Waals surface area contributed by atoms with Crippen LogP contribution in [0.25, 0.3) is 0 Å². The molecule has 0 saturated heterocycles. The van der Waals surface area contributed by atoms with Gasteiger partial charge in [0.25, 0.3) is 5.91 Å². The number of rotatable bonds is 6. The summed E-state index contributed by atoms with van der Waals surface area (Å²) in [5.41, 5.74) is 5.52. The molecule has 0 radical (unpaired) electrons. The number of hydrogen-bond acceptors (Lipinski definition) is 4. The molecule has 0 aliphatic rings. The lowest BCUT2D eigenvalue weighted by atomic mass is 10.1. The number of nitrogens with one attached hydrogen (secondary N) is 1. The third-order valence-corrected chi connectivity index (χ3v) is 2.85. The van der Waals surface area contributed by atoms with Crippen molar-refractivity contribution < 1.29 is 23.1 Å². The molecular weight excluding hydrogens is 308 g/mol. The summed E-state index contributed by atoms with van der Waals surface area (Å²) in [6.07, 6.45) is 1.15. The Kier molecular flexibility index (Phi) is 5.19. The first-order valence-electron chi connectivity index (χ1n) is 6.54. The maximum atomic E-state index is 12.3. The Morgan fingerprint density at radius 2 is 1.96 bits per heavy atom. The molecule has 1 heterocycles. The monoisotopic (exact) mass is 321 g/mol. The number of carbonyl (C=O) groups excluding carboxylic acids is 2. The Morgan fingerprint density at radius 3 is 2.65 bits per heavy atom. The van der Waals surface area contributed by atoms with Gasteiger partial charge in [-0.05, 0) is 18.2 Å². The van der Waals surface area contributed by atoms with Crippen molar-refractivity contribution in [2.24, 2.45) is 5.73 Å². The summed E-state index contributed by atoms with van der Waals surface area (Å²) in [7, 11) is 0. The van der Waals surface area contributed by atoms with Gasteiger partial charge in [0.15, 0.2) is 5.69 Å². The minimum Gasteiger partial charge on any atom is -0.435 e. The van der Waals surface area contributed by atoms with Crippen molar-refractivity contribution in [3.63, 3.8) is 0 Å². The van der Waals surface area contributed by atoms with E-state index in [1.807, 2.05) is 0 Å². The molecule has 6 nitrogen and oxygen atoms in total. The SMILES string of the molecule is NC(=O)c1ncccc1NC(=O)Cc1ccccc1OC(F)F. The fourth-order valence-corrected chi connectivity index (χ4v) is 1.93. The Bertz CT molecular complexity index is 723. The molecule has 0 unspecified atom stereocenters. The first-order chi connectivity index (χ1) is 11.0. The molecule has 2 aromatic rings. The normalized spacial score (nSPS) is 10.4. The number of amides is 2. The number of ether oxygens (including phenoxy) is 1. The summed E-state index contributed by atoms with van der Waals surface area (Å²) in [6.45, 7) is -2.99. The molecule has 8 heteroatoms. The minimum absolute atomic E-state index is 0.0843. The highest BCUT2D eigenvalue weighted by molar-refractivity contribution is 6.01. The minimum atomic E-state index is -2.99. The maximum absolute atomic E-state index is 12.3. The lowest BCUT2D eigenvalue weighted by Gasteiger charge is -2.11. The third-order valence-electron chi connectivity index (χ3n) is 2.85. The van der Waals surface area contributed by atoms with Crippen LogP contribution >= 0.6 is 0 Å². The summed E-state index contributed by atoms with van der Waals surface area (Å²) in [5.74, 6) is -1.40. The van der Waals surface area contributed by atoms with Crippen LogP contribution in [0.5, 0.6) is 5.75 Å². The Balaban J connectivity index is 2.13. The van der Waals surface area contributed by atoms with E-state index >= 15 is 0 Å². The molecule has 2 amide bonds. The molecule has 3 N–H and O–H groups in total. The summed E-state index contributed by atoms with van der Waals surface area (Å²) in [5, 5.41) is 2.48. The highest BCUT2D eigenvalue weighted by atomic mass is 19.3. The smallest absolute Gasteiger partial charge is 0.387 e. The Morgan fingerprint density at radius 1 is 1.22 bits per heavy atom. The molecule has 0 aliphatic heterocycles. The van der Waals surface area contributed by atoms with Gasteiger partial charge >= 0.3 is 6.61 Å². The summed E-state index contributed by atoms with van der Waals surface area (Å²) < 4.78 is 29.0. The van der Waals surface area contributed by atoms with Gasteiger partial charge in [0.2, 0.25) is 5.91 Å². The number of benzene rings is 1. The molecular formula is C15H13F2N3O3. The predicted octanol–water partition coefficient (Wildman–Crippen LogP) is 1.96. The average molecular weight is 321 g/mol. The standard InChI is InChI=1S/C15H13F2N3O3/c16-15(17)23-11-6-2-1-4-9(11)8-12(21)20-10-5-3-7-19-13(10)14(18)22/h1-7,15H,8H2,(H2,18,22)(H,20,21). The number of alkyl halides is 2. The van der Waals surface area contributed by atoms with Gasteiger partial charge in [-0.15, -0.1) is 0 Å². The summed E-state index contributed by atoms with van der Waals surface area (Å²) >= 11 is 0. The predicted molar refractivity (Wildman–Crippen MR) is 78.2 cm³/mol. The van der Waals surface area contributed by atoms with Crippen molar-refractivity contribution in [3.8, 4) is 5.75 Å². The van der Waals surface area contributed by atoms with Crippen LogP contribution in [0.2, 0.25) is 0 Å². The first kappa shape index (κ1) is 16.3. The summed E-state index contributed by atoms with van der Waals surface area (Å²) in [6, 6.07) is 8.94. The molecule has 2 rings (SSSR count). The number of anilines is 1. The average Bonchev–Trinajstić information content (AvgIpc) is 2.49. The number of carbonyl (C=O) groups is 2. The molecule has 0 bridgehead atoms. The number of hydrogen-bond donors (Lipinski definition) is 2.